The van der Waals surface area contributed by atoms with Crippen LogP contribution >= 0.6 is 0 Å². The first kappa shape index (κ1) is 15.2. The lowest BCUT2D eigenvalue weighted by molar-refractivity contribution is 0.0903. The molecule has 0 fully saturated rings. The van der Waals surface area contributed by atoms with Crippen molar-refractivity contribution in [2.45, 2.75) is 32.1 Å². The van der Waals surface area contributed by atoms with Crippen LogP contribution in [0.5, 0.6) is 5.75 Å². The summed E-state index contributed by atoms with van der Waals surface area (Å²) >= 11 is 0. The van der Waals surface area contributed by atoms with Gasteiger partial charge in [-0.05, 0) is 44.2 Å². The number of phenols is 1. The van der Waals surface area contributed by atoms with E-state index in [-0.39, 0.29) is 17.5 Å². The number of rotatable bonds is 9. The normalized spacial score (nSPS) is 11.8. The van der Waals surface area contributed by atoms with Crippen LogP contribution in [-0.2, 0) is 0 Å². The number of hydrogen-bond donors (Lipinski definition) is 1. The van der Waals surface area contributed by atoms with Gasteiger partial charge in [0.25, 0.3) is 0 Å². The fourth-order valence-electron chi connectivity index (χ4n) is 2.14. The summed E-state index contributed by atoms with van der Waals surface area (Å²) in [5, 5.41) is 9.77. The number of phenolic OH excluding ortho intramolecular Hbond substituents is 1. The fourth-order valence-corrected chi connectivity index (χ4v) is 2.14. The van der Waals surface area contributed by atoms with Gasteiger partial charge in [-0.25, -0.2) is 0 Å². The van der Waals surface area contributed by atoms with Crippen LogP contribution < -0.4 is 0 Å². The summed E-state index contributed by atoms with van der Waals surface area (Å²) in [6.45, 7) is 7.40. The van der Waals surface area contributed by atoms with E-state index in [2.05, 4.69) is 13.2 Å². The van der Waals surface area contributed by atoms with Crippen molar-refractivity contribution in [2.75, 3.05) is 0 Å². The minimum Gasteiger partial charge on any atom is -0.507 e. The van der Waals surface area contributed by atoms with E-state index in [1.165, 1.54) is 0 Å². The average Bonchev–Trinajstić information content (AvgIpc) is 2.42. The molecule has 0 saturated heterocycles. The van der Waals surface area contributed by atoms with Gasteiger partial charge in [0.1, 0.15) is 5.75 Å². The lowest BCUT2D eigenvalue weighted by Crippen LogP contribution is -2.15. The maximum absolute atomic E-state index is 12.4. The van der Waals surface area contributed by atoms with E-state index >= 15 is 0 Å². The molecule has 2 nitrogen and oxygen atoms in total. The second kappa shape index (κ2) is 8.30. The lowest BCUT2D eigenvalue weighted by Gasteiger charge is -2.15. The molecule has 102 valence electrons. The SMILES string of the molecule is C=CCCCC(CCC=C)C(=O)c1ccccc1O. The number of aromatic hydroxyl groups is 1. The zero-order valence-electron chi connectivity index (χ0n) is 11.3. The molecule has 0 spiro atoms. The van der Waals surface area contributed by atoms with E-state index in [0.29, 0.717) is 5.56 Å². The minimum absolute atomic E-state index is 0.0315. The number of para-hydroxylation sites is 1. The third-order valence-corrected chi connectivity index (χ3v) is 3.22. The summed E-state index contributed by atoms with van der Waals surface area (Å²) in [7, 11) is 0. The van der Waals surface area contributed by atoms with Gasteiger partial charge in [0, 0.05) is 5.92 Å². The number of benzene rings is 1. The van der Waals surface area contributed by atoms with E-state index in [1.807, 2.05) is 12.2 Å². The largest absolute Gasteiger partial charge is 0.507 e. The lowest BCUT2D eigenvalue weighted by atomic mass is 9.88. The predicted molar refractivity (Wildman–Crippen MR) is 79.4 cm³/mol. The summed E-state index contributed by atoms with van der Waals surface area (Å²) in [4.78, 5) is 12.4. The number of carbonyl (C=O) groups is 1. The average molecular weight is 258 g/mol. The van der Waals surface area contributed by atoms with Gasteiger partial charge in [-0.15, -0.1) is 13.2 Å². The second-order valence-electron chi connectivity index (χ2n) is 4.66. The molecule has 0 aliphatic heterocycles. The Balaban J connectivity index is 2.77. The molecule has 1 unspecified atom stereocenters. The zero-order chi connectivity index (χ0) is 14.1. The molecule has 1 N–H and O–H groups in total. The molecule has 0 saturated carbocycles. The Labute approximate surface area is 115 Å². The van der Waals surface area contributed by atoms with Crippen LogP contribution in [0.25, 0.3) is 0 Å². The summed E-state index contributed by atoms with van der Waals surface area (Å²) in [5.41, 5.74) is 0.426. The Morgan fingerprint density at radius 1 is 1.16 bits per heavy atom. The van der Waals surface area contributed by atoms with E-state index in [9.17, 15) is 9.90 Å². The maximum atomic E-state index is 12.4. The number of unbranched alkanes of at least 4 members (excludes halogenated alkanes) is 1. The van der Waals surface area contributed by atoms with Gasteiger partial charge < -0.3 is 5.11 Å². The Morgan fingerprint density at radius 2 is 1.84 bits per heavy atom. The number of ketones is 1. The number of carbonyl (C=O) groups excluding carboxylic acids is 1. The highest BCUT2D eigenvalue weighted by atomic mass is 16.3. The third kappa shape index (κ3) is 4.74. The standard InChI is InChI=1S/C17H22O2/c1-3-5-7-11-14(10-6-4-2)17(19)15-12-8-9-13-16(15)18/h3-4,8-9,12-14,18H,1-2,5-7,10-11H2. The molecule has 1 aromatic carbocycles. The molecule has 0 radical (unpaired) electrons. The molecular formula is C17H22O2. The number of Topliss-reactive ketones (excluding diaryl/α,β-unsaturated/α-hetero) is 1. The Morgan fingerprint density at radius 3 is 2.47 bits per heavy atom. The molecule has 2 heteroatoms. The van der Waals surface area contributed by atoms with Crippen molar-refractivity contribution in [3.63, 3.8) is 0 Å². The molecule has 0 aromatic heterocycles. The van der Waals surface area contributed by atoms with Crippen LogP contribution in [0.1, 0.15) is 42.5 Å². The van der Waals surface area contributed by atoms with Crippen LogP contribution in [0.4, 0.5) is 0 Å². The molecule has 0 amide bonds. The van der Waals surface area contributed by atoms with Gasteiger partial charge in [-0.3, -0.25) is 4.79 Å². The van der Waals surface area contributed by atoms with Crippen LogP contribution in [0.15, 0.2) is 49.6 Å². The Kier molecular flexibility index (Phi) is 6.65. The maximum Gasteiger partial charge on any atom is 0.169 e. The summed E-state index contributed by atoms with van der Waals surface area (Å²) < 4.78 is 0. The van der Waals surface area contributed by atoms with E-state index in [4.69, 9.17) is 0 Å². The molecule has 19 heavy (non-hydrogen) atoms. The van der Waals surface area contributed by atoms with Gasteiger partial charge in [-0.1, -0.05) is 24.3 Å². The molecular weight excluding hydrogens is 236 g/mol. The van der Waals surface area contributed by atoms with E-state index in [1.54, 1.807) is 24.3 Å². The van der Waals surface area contributed by atoms with E-state index < -0.39 is 0 Å². The summed E-state index contributed by atoms with van der Waals surface area (Å²) in [6, 6.07) is 6.75. The molecule has 0 bridgehead atoms. The van der Waals surface area contributed by atoms with Crippen molar-refractivity contribution in [3.8, 4) is 5.75 Å². The topological polar surface area (TPSA) is 37.3 Å². The first-order valence-electron chi connectivity index (χ1n) is 6.74. The monoisotopic (exact) mass is 258 g/mol. The van der Waals surface area contributed by atoms with E-state index in [0.717, 1.165) is 32.1 Å². The van der Waals surface area contributed by atoms with Crippen LogP contribution in [0.3, 0.4) is 0 Å². The number of allylic oxidation sites excluding steroid dienone is 2. The molecule has 0 heterocycles. The van der Waals surface area contributed by atoms with Crippen LogP contribution in [-0.4, -0.2) is 10.9 Å². The van der Waals surface area contributed by atoms with Gasteiger partial charge >= 0.3 is 0 Å². The quantitative estimate of drug-likeness (QED) is 0.402. The first-order chi connectivity index (χ1) is 9.20. The van der Waals surface area contributed by atoms with Crippen molar-refractivity contribution in [1.29, 1.82) is 0 Å². The highest BCUT2D eigenvalue weighted by Crippen LogP contribution is 2.25. The molecule has 1 rings (SSSR count). The molecule has 0 aliphatic rings. The van der Waals surface area contributed by atoms with Crippen molar-refractivity contribution in [3.05, 3.63) is 55.1 Å². The van der Waals surface area contributed by atoms with Gasteiger partial charge in [-0.2, -0.15) is 0 Å². The third-order valence-electron chi connectivity index (χ3n) is 3.22. The van der Waals surface area contributed by atoms with Crippen molar-refractivity contribution in [1.82, 2.24) is 0 Å². The van der Waals surface area contributed by atoms with Crippen molar-refractivity contribution in [2.24, 2.45) is 5.92 Å². The molecule has 0 aliphatic carbocycles. The van der Waals surface area contributed by atoms with Gasteiger partial charge in [0.15, 0.2) is 5.78 Å². The van der Waals surface area contributed by atoms with Crippen molar-refractivity contribution < 1.29 is 9.90 Å². The van der Waals surface area contributed by atoms with Crippen LogP contribution in [0, 0.1) is 5.92 Å². The Bertz CT molecular complexity index is 435. The minimum atomic E-state index is -0.0498. The van der Waals surface area contributed by atoms with Crippen LogP contribution in [0.2, 0.25) is 0 Å². The predicted octanol–water partition coefficient (Wildman–Crippen LogP) is 4.51. The fraction of sp³-hybridized carbons (Fsp3) is 0.353. The second-order valence-corrected chi connectivity index (χ2v) is 4.66. The molecule has 1 atom stereocenters. The smallest absolute Gasteiger partial charge is 0.169 e. The summed E-state index contributed by atoms with van der Waals surface area (Å²) in [5.74, 6) is 0.0510. The van der Waals surface area contributed by atoms with Gasteiger partial charge in [0.2, 0.25) is 0 Å². The highest BCUT2D eigenvalue weighted by Gasteiger charge is 2.21. The molecule has 1 aromatic rings. The Hall–Kier alpha value is -1.83. The number of hydrogen-bond acceptors (Lipinski definition) is 2. The van der Waals surface area contributed by atoms with Gasteiger partial charge in [0.05, 0.1) is 5.56 Å². The van der Waals surface area contributed by atoms with Crippen molar-refractivity contribution >= 4 is 5.78 Å². The summed E-state index contributed by atoms with van der Waals surface area (Å²) in [6.07, 6.45) is 8.00. The zero-order valence-corrected chi connectivity index (χ0v) is 11.3. The highest BCUT2D eigenvalue weighted by molar-refractivity contribution is 6.00. The first-order valence-corrected chi connectivity index (χ1v) is 6.74.